The topological polar surface area (TPSA) is 72.2 Å². The summed E-state index contributed by atoms with van der Waals surface area (Å²) in [6, 6.07) is 0. The van der Waals surface area contributed by atoms with Gasteiger partial charge in [0.15, 0.2) is 0 Å². The molecule has 0 aromatic carbocycles. The van der Waals surface area contributed by atoms with Gasteiger partial charge in [-0.25, -0.2) is 4.98 Å². The molecule has 1 atom stereocenters. The third-order valence-corrected chi connectivity index (χ3v) is 2.70. The van der Waals surface area contributed by atoms with Gasteiger partial charge in [0.05, 0.1) is 11.5 Å². The van der Waals surface area contributed by atoms with E-state index in [1.54, 1.807) is 27.8 Å². The summed E-state index contributed by atoms with van der Waals surface area (Å²) >= 11 is 0. The average molecular weight is 224 g/mol. The molecule has 1 rings (SSSR count). The average Bonchev–Trinajstić information content (AvgIpc) is 2.17. The van der Waals surface area contributed by atoms with E-state index < -0.39 is 11.9 Å². The summed E-state index contributed by atoms with van der Waals surface area (Å²) in [6.45, 7) is 5.26. The molecule has 16 heavy (non-hydrogen) atoms. The van der Waals surface area contributed by atoms with E-state index >= 15 is 0 Å². The zero-order chi connectivity index (χ0) is 12.5. The van der Waals surface area contributed by atoms with Crippen LogP contribution in [0.2, 0.25) is 0 Å². The molecule has 1 aromatic rings. The molecule has 0 aliphatic rings. The highest BCUT2D eigenvalue weighted by Crippen LogP contribution is 2.21. The smallest absolute Gasteiger partial charge is 0.311 e. The highest BCUT2D eigenvalue weighted by Gasteiger charge is 2.27. The van der Waals surface area contributed by atoms with Gasteiger partial charge in [0, 0.05) is 13.2 Å². The van der Waals surface area contributed by atoms with Crippen LogP contribution in [0.3, 0.4) is 0 Å². The number of hydrogen-bond donors (Lipinski definition) is 1. The molecule has 0 spiro atoms. The van der Waals surface area contributed by atoms with Gasteiger partial charge < -0.3 is 5.11 Å². The molecule has 0 saturated heterocycles. The number of rotatable bonds is 3. The van der Waals surface area contributed by atoms with Crippen molar-refractivity contribution in [3.05, 3.63) is 27.9 Å². The van der Waals surface area contributed by atoms with Crippen LogP contribution in [-0.4, -0.2) is 20.6 Å². The monoisotopic (exact) mass is 224 g/mol. The second kappa shape index (κ2) is 4.47. The molecule has 5 nitrogen and oxygen atoms in total. The second-order valence-corrected chi connectivity index (χ2v) is 4.18. The van der Waals surface area contributed by atoms with Crippen molar-refractivity contribution in [3.8, 4) is 0 Å². The van der Waals surface area contributed by atoms with Crippen LogP contribution in [-0.2, 0) is 11.8 Å². The Bertz CT molecular complexity index is 463. The molecule has 0 bridgehead atoms. The van der Waals surface area contributed by atoms with Crippen LogP contribution in [0, 0.1) is 12.8 Å². The lowest BCUT2D eigenvalue weighted by molar-refractivity contribution is -0.139. The van der Waals surface area contributed by atoms with E-state index in [0.717, 1.165) is 0 Å². The van der Waals surface area contributed by atoms with E-state index in [4.69, 9.17) is 5.11 Å². The third kappa shape index (κ3) is 2.13. The lowest BCUT2D eigenvalue weighted by Gasteiger charge is -2.16. The summed E-state index contributed by atoms with van der Waals surface area (Å²) in [7, 11) is 1.59. The highest BCUT2D eigenvalue weighted by molar-refractivity contribution is 5.76. The van der Waals surface area contributed by atoms with Gasteiger partial charge in [0.1, 0.15) is 5.82 Å². The molecule has 5 heteroatoms. The minimum atomic E-state index is -0.988. The first-order valence-corrected chi connectivity index (χ1v) is 5.11. The van der Waals surface area contributed by atoms with Gasteiger partial charge in [0.2, 0.25) is 0 Å². The van der Waals surface area contributed by atoms with Gasteiger partial charge in [-0.05, 0) is 12.8 Å². The first kappa shape index (κ1) is 12.4. The van der Waals surface area contributed by atoms with Crippen LogP contribution in [0.5, 0.6) is 0 Å². The number of hydrogen-bond acceptors (Lipinski definition) is 3. The fourth-order valence-corrected chi connectivity index (χ4v) is 1.64. The molecule has 0 aliphatic heterocycles. The molecule has 0 fully saturated rings. The molecule has 0 radical (unpaired) electrons. The normalized spacial score (nSPS) is 12.8. The number of carboxylic acid groups (broad SMARTS) is 1. The van der Waals surface area contributed by atoms with Gasteiger partial charge in [-0.15, -0.1) is 0 Å². The fourth-order valence-electron chi connectivity index (χ4n) is 1.64. The van der Waals surface area contributed by atoms with Crippen LogP contribution >= 0.6 is 0 Å². The van der Waals surface area contributed by atoms with E-state index in [1.165, 1.54) is 10.8 Å². The van der Waals surface area contributed by atoms with Crippen molar-refractivity contribution in [1.82, 2.24) is 9.55 Å². The van der Waals surface area contributed by atoms with Crippen molar-refractivity contribution in [2.75, 3.05) is 0 Å². The maximum Gasteiger partial charge on any atom is 0.311 e. The van der Waals surface area contributed by atoms with Crippen LogP contribution in [0.4, 0.5) is 0 Å². The molecular weight excluding hydrogens is 208 g/mol. The summed E-state index contributed by atoms with van der Waals surface area (Å²) < 4.78 is 1.37. The molecule has 0 saturated carbocycles. The van der Waals surface area contributed by atoms with E-state index in [2.05, 4.69) is 4.98 Å². The summed E-state index contributed by atoms with van der Waals surface area (Å²) in [6.07, 6.45) is 1.37. The number of carbonyl (C=O) groups is 1. The molecule has 0 aliphatic carbocycles. The van der Waals surface area contributed by atoms with Gasteiger partial charge in [-0.1, -0.05) is 13.8 Å². The van der Waals surface area contributed by atoms with Crippen LogP contribution in [0.25, 0.3) is 0 Å². The first-order valence-electron chi connectivity index (χ1n) is 5.11. The van der Waals surface area contributed by atoms with Crippen molar-refractivity contribution in [3.63, 3.8) is 0 Å². The summed E-state index contributed by atoms with van der Waals surface area (Å²) in [5, 5.41) is 9.11. The van der Waals surface area contributed by atoms with Gasteiger partial charge in [-0.2, -0.15) is 0 Å². The predicted octanol–water partition coefficient (Wildman–Crippen LogP) is 0.913. The minimum Gasteiger partial charge on any atom is -0.481 e. The number of carboxylic acids is 1. The van der Waals surface area contributed by atoms with Crippen molar-refractivity contribution in [1.29, 1.82) is 0 Å². The van der Waals surface area contributed by atoms with Crippen molar-refractivity contribution in [2.45, 2.75) is 26.7 Å². The Morgan fingerprint density at radius 3 is 2.50 bits per heavy atom. The predicted molar refractivity (Wildman–Crippen MR) is 59.4 cm³/mol. The van der Waals surface area contributed by atoms with Crippen molar-refractivity contribution < 1.29 is 9.90 Å². The summed E-state index contributed by atoms with van der Waals surface area (Å²) in [5.74, 6) is -1.36. The zero-order valence-electron chi connectivity index (χ0n) is 9.89. The highest BCUT2D eigenvalue weighted by atomic mass is 16.4. The number of nitrogens with zero attached hydrogens (tertiary/aromatic N) is 2. The molecule has 1 heterocycles. The van der Waals surface area contributed by atoms with E-state index in [9.17, 15) is 9.59 Å². The van der Waals surface area contributed by atoms with Crippen molar-refractivity contribution >= 4 is 5.97 Å². The Labute approximate surface area is 93.8 Å². The first-order chi connectivity index (χ1) is 7.36. The maximum atomic E-state index is 11.9. The molecule has 1 N–H and O–H groups in total. The van der Waals surface area contributed by atoms with Crippen LogP contribution in [0.15, 0.2) is 11.0 Å². The Balaban J connectivity index is 3.38. The molecule has 88 valence electrons. The lowest BCUT2D eigenvalue weighted by Crippen LogP contribution is -2.30. The molecule has 1 aromatic heterocycles. The SMILES string of the molecule is Cc1ncc(C(C(=O)O)C(C)C)c(=O)n1C. The van der Waals surface area contributed by atoms with Gasteiger partial charge in [0.25, 0.3) is 5.56 Å². The maximum absolute atomic E-state index is 11.9. The minimum absolute atomic E-state index is 0.144. The standard InChI is InChI=1S/C11H16N2O3/c1-6(2)9(11(15)16)8-5-12-7(3)13(4)10(8)14/h5-6,9H,1-4H3,(H,15,16). The third-order valence-electron chi connectivity index (χ3n) is 2.70. The number of aromatic nitrogens is 2. The molecular formula is C11H16N2O3. The fraction of sp³-hybridized carbons (Fsp3) is 0.545. The summed E-state index contributed by atoms with van der Waals surface area (Å²) in [4.78, 5) is 27.0. The largest absolute Gasteiger partial charge is 0.481 e. The summed E-state index contributed by atoms with van der Waals surface area (Å²) in [5.41, 5.74) is -0.0378. The second-order valence-electron chi connectivity index (χ2n) is 4.18. The van der Waals surface area contributed by atoms with Crippen LogP contribution < -0.4 is 5.56 Å². The van der Waals surface area contributed by atoms with Gasteiger partial charge >= 0.3 is 5.97 Å². The van der Waals surface area contributed by atoms with E-state index in [0.29, 0.717) is 5.82 Å². The van der Waals surface area contributed by atoms with E-state index in [1.807, 2.05) is 0 Å². The van der Waals surface area contributed by atoms with Crippen molar-refractivity contribution in [2.24, 2.45) is 13.0 Å². The Morgan fingerprint density at radius 2 is 2.06 bits per heavy atom. The van der Waals surface area contributed by atoms with Gasteiger partial charge in [-0.3, -0.25) is 14.2 Å². The Kier molecular flexibility index (Phi) is 3.47. The van der Waals surface area contributed by atoms with E-state index in [-0.39, 0.29) is 17.0 Å². The number of aliphatic carboxylic acids is 1. The Hall–Kier alpha value is -1.65. The lowest BCUT2D eigenvalue weighted by atomic mass is 9.90. The van der Waals surface area contributed by atoms with Crippen LogP contribution in [0.1, 0.15) is 31.2 Å². The number of aryl methyl sites for hydroxylation is 1. The quantitative estimate of drug-likeness (QED) is 0.828. The Morgan fingerprint density at radius 1 is 1.50 bits per heavy atom. The molecule has 1 unspecified atom stereocenters. The molecule has 0 amide bonds. The zero-order valence-corrected chi connectivity index (χ0v) is 9.89.